The molecular weight excluding hydrogens is 219 g/mol. The lowest BCUT2D eigenvalue weighted by molar-refractivity contribution is -0.160. The number of carbonyl (C=O) groups excluding carboxylic acids is 1. The quantitative estimate of drug-likeness (QED) is 0.758. The Kier molecular flexibility index (Phi) is 5.94. The highest BCUT2D eigenvalue weighted by molar-refractivity contribution is 7.99. The van der Waals surface area contributed by atoms with Gasteiger partial charge in [0, 0.05) is 6.54 Å². The van der Waals surface area contributed by atoms with Gasteiger partial charge in [-0.2, -0.15) is 24.9 Å². The number of rotatable bonds is 5. The van der Waals surface area contributed by atoms with E-state index in [9.17, 15) is 18.0 Å². The minimum atomic E-state index is -4.41. The standard InChI is InChI=1S/C7H12F3NO2S/c1-14-4-6(13)11(2-3-12)5-7(8,9)10/h12H,2-5H2,1H3. The molecule has 0 atom stereocenters. The maximum atomic E-state index is 11.9. The Labute approximate surface area is 84.3 Å². The second-order valence-electron chi connectivity index (χ2n) is 2.59. The smallest absolute Gasteiger partial charge is 0.395 e. The van der Waals surface area contributed by atoms with E-state index in [2.05, 4.69) is 0 Å². The van der Waals surface area contributed by atoms with Crippen molar-refractivity contribution in [3.05, 3.63) is 0 Å². The van der Waals surface area contributed by atoms with Crippen LogP contribution in [-0.2, 0) is 4.79 Å². The van der Waals surface area contributed by atoms with Gasteiger partial charge >= 0.3 is 6.18 Å². The highest BCUT2D eigenvalue weighted by Crippen LogP contribution is 2.16. The highest BCUT2D eigenvalue weighted by atomic mass is 32.2. The van der Waals surface area contributed by atoms with Gasteiger partial charge in [0.25, 0.3) is 0 Å². The van der Waals surface area contributed by atoms with Crippen molar-refractivity contribution < 1.29 is 23.1 Å². The summed E-state index contributed by atoms with van der Waals surface area (Å²) in [6, 6.07) is 0. The summed E-state index contributed by atoms with van der Waals surface area (Å²) in [4.78, 5) is 11.7. The van der Waals surface area contributed by atoms with E-state index in [-0.39, 0.29) is 12.3 Å². The van der Waals surface area contributed by atoms with Crippen molar-refractivity contribution in [2.24, 2.45) is 0 Å². The minimum absolute atomic E-state index is 0.00389. The first-order valence-electron chi connectivity index (χ1n) is 3.85. The van der Waals surface area contributed by atoms with Crippen LogP contribution in [-0.4, -0.2) is 53.8 Å². The molecule has 0 unspecified atom stereocenters. The van der Waals surface area contributed by atoms with Crippen LogP contribution < -0.4 is 0 Å². The van der Waals surface area contributed by atoms with Crippen molar-refractivity contribution in [3.8, 4) is 0 Å². The molecule has 0 radical (unpaired) electrons. The lowest BCUT2D eigenvalue weighted by Gasteiger charge is -2.22. The van der Waals surface area contributed by atoms with E-state index in [1.165, 1.54) is 0 Å². The lowest BCUT2D eigenvalue weighted by atomic mass is 10.4. The molecule has 0 aliphatic heterocycles. The molecule has 0 rings (SSSR count). The summed E-state index contributed by atoms with van der Waals surface area (Å²) in [6.07, 6.45) is -2.79. The molecule has 0 aliphatic carbocycles. The largest absolute Gasteiger partial charge is 0.406 e. The monoisotopic (exact) mass is 231 g/mol. The van der Waals surface area contributed by atoms with Gasteiger partial charge in [0.2, 0.25) is 5.91 Å². The first-order chi connectivity index (χ1) is 6.40. The molecule has 84 valence electrons. The number of halogens is 3. The first-order valence-corrected chi connectivity index (χ1v) is 5.24. The van der Waals surface area contributed by atoms with Crippen molar-refractivity contribution in [1.82, 2.24) is 4.90 Å². The Morgan fingerprint density at radius 1 is 1.50 bits per heavy atom. The van der Waals surface area contributed by atoms with Crippen LogP contribution in [0, 0.1) is 0 Å². The summed E-state index contributed by atoms with van der Waals surface area (Å²) in [5.74, 6) is -0.611. The van der Waals surface area contributed by atoms with E-state index in [1.807, 2.05) is 0 Å². The number of thioether (sulfide) groups is 1. The molecule has 1 amide bonds. The summed E-state index contributed by atoms with van der Waals surface area (Å²) in [7, 11) is 0. The number of aliphatic hydroxyl groups is 1. The minimum Gasteiger partial charge on any atom is -0.395 e. The Hall–Kier alpha value is -0.430. The predicted octanol–water partition coefficient (Wildman–Crippen LogP) is 0.733. The molecule has 0 aliphatic rings. The maximum Gasteiger partial charge on any atom is 0.406 e. The van der Waals surface area contributed by atoms with Crippen molar-refractivity contribution in [2.75, 3.05) is 31.7 Å². The zero-order valence-electron chi connectivity index (χ0n) is 7.67. The van der Waals surface area contributed by atoms with Gasteiger partial charge in [0.05, 0.1) is 12.4 Å². The van der Waals surface area contributed by atoms with E-state index < -0.39 is 25.2 Å². The Bertz CT molecular complexity index is 186. The SMILES string of the molecule is CSCC(=O)N(CCO)CC(F)(F)F. The Balaban J connectivity index is 4.21. The number of aliphatic hydroxyl groups excluding tert-OH is 1. The van der Waals surface area contributed by atoms with Gasteiger partial charge in [-0.05, 0) is 6.26 Å². The number of hydrogen-bond donors (Lipinski definition) is 1. The Morgan fingerprint density at radius 2 is 2.07 bits per heavy atom. The molecule has 0 heterocycles. The molecule has 3 nitrogen and oxygen atoms in total. The molecule has 1 N–H and O–H groups in total. The van der Waals surface area contributed by atoms with E-state index >= 15 is 0 Å². The van der Waals surface area contributed by atoms with Crippen molar-refractivity contribution in [3.63, 3.8) is 0 Å². The van der Waals surface area contributed by atoms with Gasteiger partial charge in [-0.15, -0.1) is 0 Å². The van der Waals surface area contributed by atoms with Crippen LogP contribution in [0.25, 0.3) is 0 Å². The van der Waals surface area contributed by atoms with Gasteiger partial charge in [0.1, 0.15) is 6.54 Å². The molecule has 0 aromatic carbocycles. The number of alkyl halides is 3. The molecule has 0 aromatic rings. The van der Waals surface area contributed by atoms with E-state index in [0.717, 1.165) is 11.8 Å². The van der Waals surface area contributed by atoms with Crippen molar-refractivity contribution >= 4 is 17.7 Å². The number of carbonyl (C=O) groups is 1. The summed E-state index contributed by atoms with van der Waals surface area (Å²) in [5, 5.41) is 8.48. The van der Waals surface area contributed by atoms with Gasteiger partial charge in [-0.1, -0.05) is 0 Å². The van der Waals surface area contributed by atoms with E-state index in [1.54, 1.807) is 6.26 Å². The van der Waals surface area contributed by atoms with Gasteiger partial charge in [-0.3, -0.25) is 4.79 Å². The third-order valence-electron chi connectivity index (χ3n) is 1.36. The van der Waals surface area contributed by atoms with Crippen LogP contribution in [0.3, 0.4) is 0 Å². The molecule has 14 heavy (non-hydrogen) atoms. The number of nitrogens with zero attached hydrogens (tertiary/aromatic N) is 1. The molecule has 0 aromatic heterocycles. The van der Waals surface area contributed by atoms with Crippen LogP contribution in [0.4, 0.5) is 13.2 Å². The molecule has 0 spiro atoms. The zero-order valence-corrected chi connectivity index (χ0v) is 8.49. The highest BCUT2D eigenvalue weighted by Gasteiger charge is 2.32. The fourth-order valence-electron chi connectivity index (χ4n) is 0.844. The second-order valence-corrected chi connectivity index (χ2v) is 3.45. The first kappa shape index (κ1) is 13.6. The predicted molar refractivity (Wildman–Crippen MR) is 48.1 cm³/mol. The topological polar surface area (TPSA) is 40.5 Å². The maximum absolute atomic E-state index is 11.9. The molecule has 0 saturated carbocycles. The fraction of sp³-hybridized carbons (Fsp3) is 0.857. The van der Waals surface area contributed by atoms with Crippen molar-refractivity contribution in [2.45, 2.75) is 6.18 Å². The van der Waals surface area contributed by atoms with Gasteiger partial charge in [0.15, 0.2) is 0 Å². The summed E-state index contributed by atoms with van der Waals surface area (Å²) in [6.45, 7) is -2.04. The van der Waals surface area contributed by atoms with Crippen LogP contribution in [0.1, 0.15) is 0 Å². The lowest BCUT2D eigenvalue weighted by Crippen LogP contribution is -2.41. The average molecular weight is 231 g/mol. The van der Waals surface area contributed by atoms with E-state index in [4.69, 9.17) is 5.11 Å². The van der Waals surface area contributed by atoms with Crippen molar-refractivity contribution in [1.29, 1.82) is 0 Å². The van der Waals surface area contributed by atoms with Crippen LogP contribution in [0.2, 0.25) is 0 Å². The van der Waals surface area contributed by atoms with Gasteiger partial charge in [-0.25, -0.2) is 0 Å². The third kappa shape index (κ3) is 6.09. The van der Waals surface area contributed by atoms with E-state index in [0.29, 0.717) is 4.90 Å². The molecule has 0 bridgehead atoms. The summed E-state index contributed by atoms with van der Waals surface area (Å²) < 4.78 is 35.8. The number of hydrogen-bond acceptors (Lipinski definition) is 3. The van der Waals surface area contributed by atoms with Crippen LogP contribution in [0.5, 0.6) is 0 Å². The average Bonchev–Trinajstić information content (AvgIpc) is 2.01. The summed E-state index contributed by atoms with van der Waals surface area (Å²) in [5.41, 5.74) is 0. The zero-order chi connectivity index (χ0) is 11.2. The Morgan fingerprint density at radius 3 is 2.43 bits per heavy atom. The molecule has 0 fully saturated rings. The van der Waals surface area contributed by atoms with Crippen LogP contribution in [0.15, 0.2) is 0 Å². The van der Waals surface area contributed by atoms with Gasteiger partial charge < -0.3 is 10.0 Å². The molecule has 0 saturated heterocycles. The third-order valence-corrected chi connectivity index (χ3v) is 1.90. The summed E-state index contributed by atoms with van der Waals surface area (Å²) >= 11 is 1.15. The second kappa shape index (κ2) is 6.13. The number of amides is 1. The molecular formula is C7H12F3NO2S. The van der Waals surface area contributed by atoms with Crippen LogP contribution >= 0.6 is 11.8 Å². The molecule has 7 heteroatoms. The normalized spacial score (nSPS) is 11.5. The fourth-order valence-corrected chi connectivity index (χ4v) is 1.27.